The number of ether oxygens (including phenoxy) is 1. The van der Waals surface area contributed by atoms with Crippen molar-refractivity contribution >= 4 is 41.2 Å². The van der Waals surface area contributed by atoms with Gasteiger partial charge in [-0.05, 0) is 49.2 Å². The molecule has 1 fully saturated rings. The van der Waals surface area contributed by atoms with Crippen molar-refractivity contribution in [1.29, 1.82) is 0 Å². The fraction of sp³-hybridized carbons (Fsp3) is 0.200. The molecule has 2 aromatic rings. The summed E-state index contributed by atoms with van der Waals surface area (Å²) < 4.78 is 5.71. The lowest BCUT2D eigenvalue weighted by Gasteiger charge is -2.26. The third-order valence-electron chi connectivity index (χ3n) is 4.18. The number of nitrogens with zero attached hydrogens (tertiary/aromatic N) is 2. The van der Waals surface area contributed by atoms with Gasteiger partial charge < -0.3 is 4.74 Å². The summed E-state index contributed by atoms with van der Waals surface area (Å²) in [5, 5.41) is 2.52. The van der Waals surface area contributed by atoms with Gasteiger partial charge in [0.25, 0.3) is 11.8 Å². The molecule has 0 aliphatic carbocycles. The van der Waals surface area contributed by atoms with E-state index in [1.54, 1.807) is 30.3 Å². The Morgan fingerprint density at radius 1 is 1.29 bits per heavy atom. The summed E-state index contributed by atoms with van der Waals surface area (Å²) in [6, 6.07) is 7.27. The Morgan fingerprint density at radius 3 is 2.71 bits per heavy atom. The van der Waals surface area contributed by atoms with Gasteiger partial charge in [0, 0.05) is 6.20 Å². The van der Waals surface area contributed by atoms with Crippen molar-refractivity contribution in [2.45, 2.75) is 26.4 Å². The van der Waals surface area contributed by atoms with Crippen molar-refractivity contribution in [3.8, 4) is 5.75 Å². The standard InChI is InChI=1S/C20H18ClN3O4/c1-3-12(2)28-17-7-6-13(10-16(17)21)9-15-18(25)23-20(27)24(19(15)26)14-5-4-8-22-11-14/h4-12H,3H2,1-2H3,(H,23,25,27)/b15-9+/t12-/m1/s1. The molecule has 8 heteroatoms. The second-order valence-corrected chi connectivity index (χ2v) is 6.60. The maximum absolute atomic E-state index is 12.8. The summed E-state index contributed by atoms with van der Waals surface area (Å²) >= 11 is 6.26. The minimum atomic E-state index is -0.824. The van der Waals surface area contributed by atoms with Gasteiger partial charge in [-0.25, -0.2) is 9.69 Å². The van der Waals surface area contributed by atoms with Crippen LogP contribution in [0.3, 0.4) is 0 Å². The number of barbiturate groups is 1. The third kappa shape index (κ3) is 4.04. The summed E-state index contributed by atoms with van der Waals surface area (Å²) in [6.45, 7) is 3.93. The molecule has 7 nitrogen and oxygen atoms in total. The summed E-state index contributed by atoms with van der Waals surface area (Å²) in [5.74, 6) is -0.992. The first-order valence-corrected chi connectivity index (χ1v) is 9.06. The zero-order chi connectivity index (χ0) is 20.3. The zero-order valence-corrected chi connectivity index (χ0v) is 16.1. The number of anilines is 1. The van der Waals surface area contributed by atoms with Crippen LogP contribution in [0.2, 0.25) is 5.02 Å². The molecule has 1 aromatic heterocycles. The monoisotopic (exact) mass is 399 g/mol. The van der Waals surface area contributed by atoms with Crippen LogP contribution in [-0.2, 0) is 9.59 Å². The van der Waals surface area contributed by atoms with Gasteiger partial charge >= 0.3 is 6.03 Å². The van der Waals surface area contributed by atoms with E-state index in [1.165, 1.54) is 18.5 Å². The molecule has 4 amide bonds. The number of imide groups is 2. The van der Waals surface area contributed by atoms with E-state index in [9.17, 15) is 14.4 Å². The average molecular weight is 400 g/mol. The van der Waals surface area contributed by atoms with Crippen LogP contribution in [0.4, 0.5) is 10.5 Å². The Hall–Kier alpha value is -3.19. The molecule has 1 N–H and O–H groups in total. The summed E-state index contributed by atoms with van der Waals surface area (Å²) in [6.07, 6.45) is 5.10. The topological polar surface area (TPSA) is 88.6 Å². The number of halogens is 1. The van der Waals surface area contributed by atoms with Crippen LogP contribution in [0.1, 0.15) is 25.8 Å². The summed E-state index contributed by atoms with van der Waals surface area (Å²) in [5.41, 5.74) is 0.606. The first-order chi connectivity index (χ1) is 13.4. The molecule has 0 bridgehead atoms. The number of amides is 4. The number of rotatable bonds is 5. The van der Waals surface area contributed by atoms with E-state index in [2.05, 4.69) is 10.3 Å². The second kappa shape index (κ2) is 8.22. The third-order valence-corrected chi connectivity index (χ3v) is 4.47. The van der Waals surface area contributed by atoms with Crippen LogP contribution in [0, 0.1) is 0 Å². The minimum Gasteiger partial charge on any atom is -0.489 e. The fourth-order valence-corrected chi connectivity index (χ4v) is 2.78. The molecular formula is C20H18ClN3O4. The van der Waals surface area contributed by atoms with Crippen LogP contribution in [0.25, 0.3) is 6.08 Å². The van der Waals surface area contributed by atoms with Gasteiger partial charge in [0.15, 0.2) is 0 Å². The highest BCUT2D eigenvalue weighted by Crippen LogP contribution is 2.28. The van der Waals surface area contributed by atoms with Crippen LogP contribution in [-0.4, -0.2) is 28.9 Å². The lowest BCUT2D eigenvalue weighted by Crippen LogP contribution is -2.54. The Morgan fingerprint density at radius 2 is 2.07 bits per heavy atom. The van der Waals surface area contributed by atoms with Crippen LogP contribution in [0.15, 0.2) is 48.3 Å². The van der Waals surface area contributed by atoms with Gasteiger partial charge in [0.1, 0.15) is 11.3 Å². The molecule has 0 spiro atoms. The number of hydrogen-bond donors (Lipinski definition) is 1. The number of hydrogen-bond acceptors (Lipinski definition) is 5. The Balaban J connectivity index is 1.92. The molecule has 2 heterocycles. The predicted octanol–water partition coefficient (Wildman–Crippen LogP) is 3.58. The smallest absolute Gasteiger partial charge is 0.336 e. The first-order valence-electron chi connectivity index (χ1n) is 8.68. The number of carbonyl (C=O) groups excluding carboxylic acids is 3. The molecule has 1 saturated heterocycles. The number of aromatic nitrogens is 1. The highest BCUT2D eigenvalue weighted by molar-refractivity contribution is 6.39. The quantitative estimate of drug-likeness (QED) is 0.613. The van der Waals surface area contributed by atoms with Crippen molar-refractivity contribution in [1.82, 2.24) is 10.3 Å². The van der Waals surface area contributed by atoms with Crippen LogP contribution < -0.4 is 15.0 Å². The lowest BCUT2D eigenvalue weighted by atomic mass is 10.1. The molecule has 144 valence electrons. The van der Waals surface area contributed by atoms with Crippen molar-refractivity contribution in [3.63, 3.8) is 0 Å². The first kappa shape index (κ1) is 19.6. The van der Waals surface area contributed by atoms with Crippen molar-refractivity contribution in [3.05, 3.63) is 58.9 Å². The maximum Gasteiger partial charge on any atom is 0.336 e. The fourth-order valence-electron chi connectivity index (χ4n) is 2.55. The van der Waals surface area contributed by atoms with Crippen molar-refractivity contribution in [2.75, 3.05) is 4.90 Å². The lowest BCUT2D eigenvalue weighted by molar-refractivity contribution is -0.122. The van der Waals surface area contributed by atoms with Crippen molar-refractivity contribution < 1.29 is 19.1 Å². The molecule has 3 rings (SSSR count). The molecule has 1 aliphatic rings. The van der Waals surface area contributed by atoms with Gasteiger partial charge in [0.05, 0.1) is 23.0 Å². The molecule has 28 heavy (non-hydrogen) atoms. The Labute approximate surface area is 167 Å². The zero-order valence-electron chi connectivity index (χ0n) is 15.3. The van der Waals surface area contributed by atoms with E-state index in [-0.39, 0.29) is 17.4 Å². The average Bonchev–Trinajstić information content (AvgIpc) is 2.67. The van der Waals surface area contributed by atoms with E-state index in [1.807, 2.05) is 13.8 Å². The number of pyridine rings is 1. The van der Waals surface area contributed by atoms with Gasteiger partial charge in [-0.15, -0.1) is 0 Å². The molecule has 0 saturated carbocycles. The largest absolute Gasteiger partial charge is 0.489 e. The molecule has 1 atom stereocenters. The maximum atomic E-state index is 12.8. The second-order valence-electron chi connectivity index (χ2n) is 6.20. The summed E-state index contributed by atoms with van der Waals surface area (Å²) in [4.78, 5) is 41.9. The highest BCUT2D eigenvalue weighted by atomic mass is 35.5. The van der Waals surface area contributed by atoms with Crippen LogP contribution >= 0.6 is 11.6 Å². The normalized spacial score (nSPS) is 16.9. The molecule has 0 radical (unpaired) electrons. The minimum absolute atomic E-state index is 0.00598. The Kier molecular flexibility index (Phi) is 5.75. The molecule has 1 aromatic carbocycles. The SMILES string of the molecule is CC[C@@H](C)Oc1ccc(/C=C2\C(=O)NC(=O)N(c3cccnc3)C2=O)cc1Cl. The highest BCUT2D eigenvalue weighted by Gasteiger charge is 2.36. The molecule has 1 aliphatic heterocycles. The van der Waals surface area contributed by atoms with Gasteiger partial charge in [-0.3, -0.25) is 19.9 Å². The van der Waals surface area contributed by atoms with E-state index in [0.717, 1.165) is 11.3 Å². The number of carbonyl (C=O) groups is 3. The van der Waals surface area contributed by atoms with Gasteiger partial charge in [0.2, 0.25) is 0 Å². The van der Waals surface area contributed by atoms with E-state index in [0.29, 0.717) is 16.3 Å². The van der Waals surface area contributed by atoms with E-state index < -0.39 is 17.8 Å². The molecular weight excluding hydrogens is 382 g/mol. The Bertz CT molecular complexity index is 959. The van der Waals surface area contributed by atoms with Gasteiger partial charge in [-0.2, -0.15) is 0 Å². The van der Waals surface area contributed by atoms with Gasteiger partial charge in [-0.1, -0.05) is 24.6 Å². The number of nitrogens with one attached hydrogen (secondary N) is 1. The van der Waals surface area contributed by atoms with Crippen LogP contribution in [0.5, 0.6) is 5.75 Å². The predicted molar refractivity (Wildman–Crippen MR) is 105 cm³/mol. The van der Waals surface area contributed by atoms with Crippen molar-refractivity contribution in [2.24, 2.45) is 0 Å². The molecule has 0 unspecified atom stereocenters. The number of benzene rings is 1. The van der Waals surface area contributed by atoms with E-state index in [4.69, 9.17) is 16.3 Å². The number of urea groups is 1. The summed E-state index contributed by atoms with van der Waals surface area (Å²) in [7, 11) is 0. The van der Waals surface area contributed by atoms with E-state index >= 15 is 0 Å².